The summed E-state index contributed by atoms with van der Waals surface area (Å²) in [4.78, 5) is 12.7. The van der Waals surface area contributed by atoms with Crippen molar-refractivity contribution in [3.63, 3.8) is 0 Å². The Morgan fingerprint density at radius 3 is 2.80 bits per heavy atom. The zero-order valence-corrected chi connectivity index (χ0v) is 17.0. The molecule has 0 radical (unpaired) electrons. The van der Waals surface area contributed by atoms with Gasteiger partial charge in [-0.1, -0.05) is 35.5 Å². The summed E-state index contributed by atoms with van der Waals surface area (Å²) in [6, 6.07) is 15.4. The van der Waals surface area contributed by atoms with Crippen LogP contribution in [0.3, 0.4) is 0 Å². The van der Waals surface area contributed by atoms with Gasteiger partial charge in [0, 0.05) is 12.1 Å². The van der Waals surface area contributed by atoms with Crippen LogP contribution in [-0.2, 0) is 24.4 Å². The molecule has 1 aromatic heterocycles. The van der Waals surface area contributed by atoms with Crippen molar-refractivity contribution in [1.82, 2.24) is 20.3 Å². The molecule has 0 fully saturated rings. The van der Waals surface area contributed by atoms with Crippen LogP contribution in [-0.4, -0.2) is 34.6 Å². The molecule has 0 bridgehead atoms. The summed E-state index contributed by atoms with van der Waals surface area (Å²) in [6.07, 6.45) is -0.154. The number of hydrogen-bond donors (Lipinski definition) is 1. The van der Waals surface area contributed by atoms with Crippen LogP contribution in [0.5, 0.6) is 11.5 Å². The number of hydrogen-bond acceptors (Lipinski definition) is 6. The molecule has 3 aromatic rings. The minimum Gasteiger partial charge on any atom is -0.497 e. The number of carbonyl (C=O) groups excluding carboxylic acids is 1. The highest BCUT2D eigenvalue weighted by molar-refractivity contribution is 5.93. The highest BCUT2D eigenvalue weighted by Crippen LogP contribution is 2.28. The number of nitrogens with zero attached hydrogens (tertiary/aromatic N) is 3. The van der Waals surface area contributed by atoms with Crippen LogP contribution < -0.4 is 14.8 Å². The molecule has 0 unspecified atom stereocenters. The quantitative estimate of drug-likeness (QED) is 0.647. The van der Waals surface area contributed by atoms with Gasteiger partial charge in [0.1, 0.15) is 17.6 Å². The van der Waals surface area contributed by atoms with E-state index in [2.05, 4.69) is 15.6 Å². The summed E-state index contributed by atoms with van der Waals surface area (Å²) in [7, 11) is 1.63. The molecule has 0 saturated carbocycles. The van der Waals surface area contributed by atoms with Crippen molar-refractivity contribution in [2.24, 2.45) is 0 Å². The number of benzene rings is 2. The molecule has 0 aliphatic carbocycles. The number of carbonyl (C=O) groups is 1. The minimum atomic E-state index is -0.283. The average Bonchev–Trinajstić information content (AvgIpc) is 3.22. The Morgan fingerprint density at radius 1 is 1.23 bits per heavy atom. The Morgan fingerprint density at radius 2 is 2.03 bits per heavy atom. The van der Waals surface area contributed by atoms with Gasteiger partial charge in [0.25, 0.3) is 5.91 Å². The summed E-state index contributed by atoms with van der Waals surface area (Å²) in [5.74, 6) is 1.27. The second kappa shape index (κ2) is 8.96. The Bertz CT molecular complexity index is 1020. The van der Waals surface area contributed by atoms with E-state index in [9.17, 15) is 4.79 Å². The topological polar surface area (TPSA) is 87.5 Å². The van der Waals surface area contributed by atoms with Crippen molar-refractivity contribution in [1.29, 1.82) is 0 Å². The molecule has 0 spiro atoms. The number of aromatic nitrogens is 3. The third-order valence-corrected chi connectivity index (χ3v) is 5.01. The number of ether oxygens (including phenoxy) is 3. The lowest BCUT2D eigenvalue weighted by molar-refractivity contribution is -0.00179. The van der Waals surface area contributed by atoms with Gasteiger partial charge in [-0.15, -0.1) is 5.10 Å². The highest BCUT2D eigenvalue weighted by Gasteiger charge is 2.27. The van der Waals surface area contributed by atoms with Gasteiger partial charge in [0.15, 0.2) is 5.69 Å². The van der Waals surface area contributed by atoms with E-state index in [1.807, 2.05) is 55.5 Å². The van der Waals surface area contributed by atoms with E-state index < -0.39 is 0 Å². The molecule has 156 valence electrons. The predicted octanol–water partition coefficient (Wildman–Crippen LogP) is 2.89. The third-order valence-electron chi connectivity index (χ3n) is 5.01. The number of rotatable bonds is 7. The highest BCUT2D eigenvalue weighted by atomic mass is 16.5. The Hall–Kier alpha value is -3.39. The summed E-state index contributed by atoms with van der Waals surface area (Å²) in [5, 5.41) is 11.2. The normalized spacial score (nSPS) is 15.3. The van der Waals surface area contributed by atoms with Gasteiger partial charge in [-0.25, -0.2) is 4.68 Å². The van der Waals surface area contributed by atoms with Crippen molar-refractivity contribution in [2.45, 2.75) is 32.7 Å². The monoisotopic (exact) mass is 408 g/mol. The number of para-hydroxylation sites is 1. The van der Waals surface area contributed by atoms with Gasteiger partial charge < -0.3 is 19.5 Å². The first kappa shape index (κ1) is 19.9. The van der Waals surface area contributed by atoms with E-state index >= 15 is 0 Å². The van der Waals surface area contributed by atoms with E-state index in [1.54, 1.807) is 11.8 Å². The molecular formula is C22H24N4O4. The molecule has 2 aromatic carbocycles. The summed E-state index contributed by atoms with van der Waals surface area (Å²) >= 11 is 0. The van der Waals surface area contributed by atoms with Crippen LogP contribution in [0.15, 0.2) is 48.5 Å². The van der Waals surface area contributed by atoms with Gasteiger partial charge in [0.05, 0.1) is 32.6 Å². The van der Waals surface area contributed by atoms with Crippen LogP contribution in [0.4, 0.5) is 0 Å². The average molecular weight is 408 g/mol. The number of amides is 1. The zero-order chi connectivity index (χ0) is 20.9. The lowest BCUT2D eigenvalue weighted by Crippen LogP contribution is -2.27. The molecule has 4 rings (SSSR count). The molecule has 30 heavy (non-hydrogen) atoms. The van der Waals surface area contributed by atoms with E-state index in [0.29, 0.717) is 25.4 Å². The van der Waals surface area contributed by atoms with Crippen LogP contribution in [0.2, 0.25) is 0 Å². The van der Waals surface area contributed by atoms with Gasteiger partial charge in [0.2, 0.25) is 0 Å². The van der Waals surface area contributed by atoms with Crippen molar-refractivity contribution < 1.29 is 19.0 Å². The Kier molecular flexibility index (Phi) is 5.94. The van der Waals surface area contributed by atoms with Crippen molar-refractivity contribution in [3.8, 4) is 11.5 Å². The smallest absolute Gasteiger partial charge is 0.274 e. The lowest BCUT2D eigenvalue weighted by Gasteiger charge is -2.24. The van der Waals surface area contributed by atoms with E-state index in [0.717, 1.165) is 22.6 Å². The lowest BCUT2D eigenvalue weighted by atomic mass is 10.1. The molecule has 1 N–H and O–H groups in total. The molecule has 1 atom stereocenters. The van der Waals surface area contributed by atoms with Crippen molar-refractivity contribution in [2.75, 3.05) is 13.7 Å². The molecule has 2 heterocycles. The molecule has 1 amide bonds. The Balaban J connectivity index is 1.43. The molecular weight excluding hydrogens is 384 g/mol. The van der Waals surface area contributed by atoms with E-state index in [4.69, 9.17) is 14.2 Å². The molecule has 8 heteroatoms. The third kappa shape index (κ3) is 4.13. The predicted molar refractivity (Wildman–Crippen MR) is 109 cm³/mol. The Labute approximate surface area is 174 Å². The first-order valence-electron chi connectivity index (χ1n) is 9.86. The largest absolute Gasteiger partial charge is 0.497 e. The van der Waals surface area contributed by atoms with Gasteiger partial charge in [-0.3, -0.25) is 4.79 Å². The maximum absolute atomic E-state index is 12.7. The van der Waals surface area contributed by atoms with E-state index in [1.165, 1.54) is 0 Å². The second-order valence-corrected chi connectivity index (χ2v) is 6.86. The number of fused-ring (bicyclic) bond motifs is 1. The van der Waals surface area contributed by atoms with Gasteiger partial charge >= 0.3 is 0 Å². The summed E-state index contributed by atoms with van der Waals surface area (Å²) in [5.41, 5.74) is 2.90. The van der Waals surface area contributed by atoms with Crippen molar-refractivity contribution >= 4 is 5.91 Å². The van der Waals surface area contributed by atoms with Crippen LogP contribution in [0.1, 0.15) is 40.3 Å². The minimum absolute atomic E-state index is 0.154. The maximum Gasteiger partial charge on any atom is 0.274 e. The second-order valence-electron chi connectivity index (χ2n) is 6.86. The van der Waals surface area contributed by atoms with Crippen LogP contribution in [0.25, 0.3) is 0 Å². The maximum atomic E-state index is 12.7. The standard InChI is InChI=1S/C22H24N4O4/c1-3-29-19-7-5-4-6-16(19)12-23-22(27)21-18-14-30-20(13-26(18)25-24-21)15-8-10-17(28-2)11-9-15/h4-11,20H,3,12-14H2,1-2H3,(H,23,27)/t20-/m0/s1. The molecule has 1 aliphatic rings. The number of nitrogens with one attached hydrogen (secondary N) is 1. The van der Waals surface area contributed by atoms with Gasteiger partial charge in [-0.05, 0) is 30.7 Å². The fourth-order valence-corrected chi connectivity index (χ4v) is 3.41. The fraction of sp³-hybridized carbons (Fsp3) is 0.318. The summed E-state index contributed by atoms with van der Waals surface area (Å²) < 4.78 is 18.5. The zero-order valence-electron chi connectivity index (χ0n) is 17.0. The molecule has 1 aliphatic heterocycles. The number of methoxy groups -OCH3 is 1. The first-order chi connectivity index (χ1) is 14.7. The summed E-state index contributed by atoms with van der Waals surface area (Å²) in [6.45, 7) is 3.60. The van der Waals surface area contributed by atoms with Crippen LogP contribution in [0, 0.1) is 0 Å². The van der Waals surface area contributed by atoms with Crippen LogP contribution >= 0.6 is 0 Å². The molecule has 8 nitrogen and oxygen atoms in total. The van der Waals surface area contributed by atoms with Gasteiger partial charge in [-0.2, -0.15) is 0 Å². The van der Waals surface area contributed by atoms with E-state index in [-0.39, 0.29) is 24.3 Å². The first-order valence-corrected chi connectivity index (χ1v) is 9.86. The molecule has 0 saturated heterocycles. The van der Waals surface area contributed by atoms with Crippen molar-refractivity contribution in [3.05, 3.63) is 71.0 Å². The SMILES string of the molecule is CCOc1ccccc1CNC(=O)c1nnn2c1CO[C@H](c1ccc(OC)cc1)C2. The fourth-order valence-electron chi connectivity index (χ4n) is 3.41.